The predicted octanol–water partition coefficient (Wildman–Crippen LogP) is 2.93. The van der Waals surface area contributed by atoms with E-state index in [9.17, 15) is 34.5 Å². The fourth-order valence-electron chi connectivity index (χ4n) is 2.35. The lowest BCUT2D eigenvalue weighted by atomic mass is 10.1. The Morgan fingerprint density at radius 3 is 2.30 bits per heavy atom. The molecule has 0 aliphatic heterocycles. The van der Waals surface area contributed by atoms with Crippen molar-refractivity contribution in [3.05, 3.63) is 84.1 Å². The van der Waals surface area contributed by atoms with Crippen molar-refractivity contribution < 1.29 is 19.3 Å². The zero-order valence-corrected chi connectivity index (χ0v) is 13.2. The number of benzene rings is 2. The fourth-order valence-corrected chi connectivity index (χ4v) is 2.35. The van der Waals surface area contributed by atoms with Gasteiger partial charge in [-0.3, -0.25) is 25.0 Å². The molecule has 3 rings (SSSR count). The summed E-state index contributed by atoms with van der Waals surface area (Å²) in [6.07, 6.45) is 0.999. The molecule has 1 heterocycles. The number of rotatable bonds is 4. The van der Waals surface area contributed by atoms with Gasteiger partial charge in [-0.2, -0.15) is 0 Å². The number of H-pyrrole nitrogens is 1. The number of nitrogens with one attached hydrogen (secondary N) is 1. The second-order valence-electron chi connectivity index (χ2n) is 5.36. The van der Waals surface area contributed by atoms with Crippen molar-refractivity contribution in [1.29, 1.82) is 0 Å². The highest BCUT2D eigenvalue weighted by atomic mass is 19.1. The second kappa shape index (κ2) is 6.63. The van der Waals surface area contributed by atoms with E-state index in [1.807, 2.05) is 0 Å². The Morgan fingerprint density at radius 2 is 1.70 bits per heavy atom. The van der Waals surface area contributed by atoms with E-state index < -0.39 is 32.6 Å². The first-order valence-corrected chi connectivity index (χ1v) is 7.29. The Hall–Kier alpha value is -4.15. The molecule has 2 N–H and O–H groups in total. The van der Waals surface area contributed by atoms with Crippen LogP contribution in [-0.4, -0.2) is 24.9 Å². The molecule has 0 saturated carbocycles. The third-order valence-electron chi connectivity index (χ3n) is 3.62. The predicted molar refractivity (Wildman–Crippen MR) is 92.6 cm³/mol. The molecule has 136 valence electrons. The number of nitro benzene ring substituents is 2. The van der Waals surface area contributed by atoms with Crippen LogP contribution in [0.4, 0.5) is 15.8 Å². The molecule has 3 aromatic rings. The van der Waals surface area contributed by atoms with Gasteiger partial charge in [0.2, 0.25) is 0 Å². The largest absolute Gasteiger partial charge is 0.507 e. The lowest BCUT2D eigenvalue weighted by Gasteiger charge is -2.03. The molecule has 0 atom stereocenters. The van der Waals surface area contributed by atoms with Crippen LogP contribution >= 0.6 is 0 Å². The normalized spacial score (nSPS) is 11.5. The molecule has 1 aromatic heterocycles. The molecular weight excluding hydrogens is 363 g/mol. The summed E-state index contributed by atoms with van der Waals surface area (Å²) in [5, 5.41) is 32.1. The molecule has 0 saturated heterocycles. The maximum Gasteiger partial charge on any atom is 0.348 e. The Balaban J connectivity index is 2.16. The molecule has 10 nitrogen and oxygen atoms in total. The van der Waals surface area contributed by atoms with Crippen LogP contribution in [0.5, 0.6) is 0 Å². The summed E-state index contributed by atoms with van der Waals surface area (Å²) in [4.78, 5) is 38.5. The average molecular weight is 372 g/mol. The van der Waals surface area contributed by atoms with Gasteiger partial charge in [0.25, 0.3) is 5.56 Å². The van der Waals surface area contributed by atoms with E-state index in [1.165, 1.54) is 12.1 Å². The number of hydrogen-bond acceptors (Lipinski definition) is 7. The van der Waals surface area contributed by atoms with Gasteiger partial charge in [0.1, 0.15) is 17.3 Å². The zero-order valence-electron chi connectivity index (χ0n) is 13.2. The Morgan fingerprint density at radius 1 is 1.11 bits per heavy atom. The van der Waals surface area contributed by atoms with Crippen molar-refractivity contribution in [2.24, 2.45) is 0 Å². The first-order valence-electron chi connectivity index (χ1n) is 7.29. The third-order valence-corrected chi connectivity index (χ3v) is 3.62. The van der Waals surface area contributed by atoms with Crippen LogP contribution in [0.15, 0.2) is 41.2 Å². The molecule has 0 spiro atoms. The van der Waals surface area contributed by atoms with Gasteiger partial charge in [-0.1, -0.05) is 0 Å². The topological polar surface area (TPSA) is 152 Å². The minimum absolute atomic E-state index is 0.0734. The van der Waals surface area contributed by atoms with Crippen LogP contribution < -0.4 is 5.56 Å². The number of aliphatic hydroxyl groups excluding tert-OH is 1. The van der Waals surface area contributed by atoms with E-state index in [2.05, 4.69) is 9.97 Å². The molecule has 0 amide bonds. The zero-order chi connectivity index (χ0) is 19.7. The molecule has 0 radical (unpaired) electrons. The number of halogens is 1. The number of nitrogens with zero attached hydrogens (tertiary/aromatic N) is 3. The number of hydrogen-bond donors (Lipinski definition) is 2. The Kier molecular flexibility index (Phi) is 4.34. The van der Waals surface area contributed by atoms with Crippen molar-refractivity contribution in [2.45, 2.75) is 0 Å². The van der Waals surface area contributed by atoms with E-state index >= 15 is 0 Å². The summed E-state index contributed by atoms with van der Waals surface area (Å²) in [5.41, 5.74) is -2.58. The van der Waals surface area contributed by atoms with Crippen LogP contribution in [0.25, 0.3) is 22.9 Å². The highest BCUT2D eigenvalue weighted by Crippen LogP contribution is 2.30. The van der Waals surface area contributed by atoms with Crippen molar-refractivity contribution in [1.82, 2.24) is 9.97 Å². The SMILES string of the molecule is O=c1[nH]c2cc([N+](=O)[O-])c([N+](=O)[O-])cc2nc1/C=C(\O)c1ccc(F)cc1. The molecule has 11 heteroatoms. The molecule has 0 unspecified atom stereocenters. The van der Waals surface area contributed by atoms with Gasteiger partial charge >= 0.3 is 11.4 Å². The van der Waals surface area contributed by atoms with E-state index in [-0.39, 0.29) is 28.0 Å². The van der Waals surface area contributed by atoms with Crippen LogP contribution in [-0.2, 0) is 0 Å². The highest BCUT2D eigenvalue weighted by Gasteiger charge is 2.25. The molecule has 0 bridgehead atoms. The Labute approximate surface area is 148 Å². The smallest absolute Gasteiger partial charge is 0.348 e. The van der Waals surface area contributed by atoms with Crippen molar-refractivity contribution in [2.75, 3.05) is 0 Å². The van der Waals surface area contributed by atoms with Crippen LogP contribution in [0.1, 0.15) is 11.3 Å². The molecule has 0 fully saturated rings. The maximum atomic E-state index is 12.9. The van der Waals surface area contributed by atoms with Crippen LogP contribution in [0.2, 0.25) is 0 Å². The second-order valence-corrected chi connectivity index (χ2v) is 5.36. The quantitative estimate of drug-likeness (QED) is 0.405. The monoisotopic (exact) mass is 372 g/mol. The molecule has 0 aliphatic rings. The minimum Gasteiger partial charge on any atom is -0.507 e. The van der Waals surface area contributed by atoms with Crippen molar-refractivity contribution in [3.63, 3.8) is 0 Å². The minimum atomic E-state index is -0.940. The van der Waals surface area contributed by atoms with Gasteiger partial charge in [-0.15, -0.1) is 0 Å². The lowest BCUT2D eigenvalue weighted by Crippen LogP contribution is -2.12. The Bertz CT molecular complexity index is 1170. The van der Waals surface area contributed by atoms with Gasteiger partial charge in [-0.05, 0) is 24.3 Å². The van der Waals surface area contributed by atoms with E-state index in [1.54, 1.807) is 0 Å². The molecule has 0 aliphatic carbocycles. The van der Waals surface area contributed by atoms with Gasteiger partial charge in [0.05, 0.1) is 26.9 Å². The summed E-state index contributed by atoms with van der Waals surface area (Å²) in [5.74, 6) is -0.897. The van der Waals surface area contributed by atoms with E-state index in [4.69, 9.17) is 0 Å². The molecule has 27 heavy (non-hydrogen) atoms. The van der Waals surface area contributed by atoms with Gasteiger partial charge in [-0.25, -0.2) is 9.37 Å². The van der Waals surface area contributed by atoms with Crippen LogP contribution in [0.3, 0.4) is 0 Å². The summed E-state index contributed by atoms with van der Waals surface area (Å²) < 4.78 is 12.9. The van der Waals surface area contributed by atoms with Crippen molar-refractivity contribution in [3.8, 4) is 0 Å². The number of aliphatic hydroxyl groups is 1. The number of aromatic amines is 1. The fraction of sp³-hybridized carbons (Fsp3) is 0. The summed E-state index contributed by atoms with van der Waals surface area (Å²) in [6, 6.07) is 6.49. The van der Waals surface area contributed by atoms with Gasteiger partial charge in [0.15, 0.2) is 0 Å². The third kappa shape index (κ3) is 3.46. The average Bonchev–Trinajstić information content (AvgIpc) is 2.61. The maximum absolute atomic E-state index is 12.9. The van der Waals surface area contributed by atoms with Gasteiger partial charge in [0, 0.05) is 17.7 Å². The standard InChI is InChI=1S/C16H9FN4O6/c17-9-3-1-8(2-4-9)15(22)7-12-16(23)19-11-6-14(21(26)27)13(20(24)25)5-10(11)18-12/h1-7,22H,(H,19,23)/b15-7-. The lowest BCUT2D eigenvalue weighted by molar-refractivity contribution is -0.422. The molecular formula is C16H9FN4O6. The number of fused-ring (bicyclic) bond motifs is 1. The summed E-state index contributed by atoms with van der Waals surface area (Å²) in [6.45, 7) is 0. The number of nitro groups is 2. The van der Waals surface area contributed by atoms with Gasteiger partial charge < -0.3 is 10.1 Å². The first-order chi connectivity index (χ1) is 12.8. The van der Waals surface area contributed by atoms with Crippen LogP contribution in [0, 0.1) is 26.0 Å². The van der Waals surface area contributed by atoms with E-state index in [0.29, 0.717) is 0 Å². The summed E-state index contributed by atoms with van der Waals surface area (Å²) >= 11 is 0. The molecule has 2 aromatic carbocycles. The number of aromatic nitrogens is 2. The van der Waals surface area contributed by atoms with Crippen molar-refractivity contribution >= 4 is 34.2 Å². The first kappa shape index (κ1) is 17.7. The summed E-state index contributed by atoms with van der Waals surface area (Å²) in [7, 11) is 0. The highest BCUT2D eigenvalue weighted by molar-refractivity contribution is 5.84. The van der Waals surface area contributed by atoms with E-state index in [0.717, 1.165) is 30.3 Å².